The van der Waals surface area contributed by atoms with Gasteiger partial charge in [-0.25, -0.2) is 0 Å². The molecule has 3 nitrogen and oxygen atoms in total. The zero-order valence-corrected chi connectivity index (χ0v) is 7.69. The van der Waals surface area contributed by atoms with E-state index in [9.17, 15) is 4.91 Å². The first-order valence-corrected chi connectivity index (χ1v) is 3.90. The molecule has 0 radical (unpaired) electrons. The van der Waals surface area contributed by atoms with Gasteiger partial charge in [0.1, 0.15) is 5.69 Å². The fourth-order valence-corrected chi connectivity index (χ4v) is 1.44. The van der Waals surface area contributed by atoms with E-state index < -0.39 is 0 Å². The van der Waals surface area contributed by atoms with Crippen molar-refractivity contribution in [3.05, 3.63) is 26.5 Å². The number of nitroso groups, excluding NO2 is 1. The SMILES string of the molecule is Nc1c(Br)cc(Cl)cc1N=O. The maximum absolute atomic E-state index is 10.1. The number of nitrogens with zero attached hydrogens (tertiary/aromatic N) is 1. The third kappa shape index (κ3) is 1.70. The highest BCUT2D eigenvalue weighted by Crippen LogP contribution is 2.33. The lowest BCUT2D eigenvalue weighted by atomic mass is 10.3. The lowest BCUT2D eigenvalue weighted by Gasteiger charge is -1.99. The average Bonchev–Trinajstić information content (AvgIpc) is 1.96. The first kappa shape index (κ1) is 8.49. The van der Waals surface area contributed by atoms with Crippen molar-refractivity contribution in [2.75, 3.05) is 5.73 Å². The molecule has 0 unspecified atom stereocenters. The van der Waals surface area contributed by atoms with E-state index in [1.165, 1.54) is 6.07 Å². The molecule has 5 heteroatoms. The molecule has 11 heavy (non-hydrogen) atoms. The average molecular weight is 235 g/mol. The molecule has 0 aliphatic heterocycles. The highest BCUT2D eigenvalue weighted by Gasteiger charge is 2.04. The second-order valence-electron chi connectivity index (χ2n) is 1.91. The number of rotatable bonds is 1. The molecular weight excluding hydrogens is 231 g/mol. The van der Waals surface area contributed by atoms with Crippen LogP contribution in [0.25, 0.3) is 0 Å². The van der Waals surface area contributed by atoms with Crippen LogP contribution in [0.5, 0.6) is 0 Å². The van der Waals surface area contributed by atoms with Gasteiger partial charge in [-0.2, -0.15) is 0 Å². The molecule has 0 aliphatic carbocycles. The zero-order chi connectivity index (χ0) is 8.43. The van der Waals surface area contributed by atoms with Crippen LogP contribution in [0.15, 0.2) is 21.8 Å². The summed E-state index contributed by atoms with van der Waals surface area (Å²) in [5, 5.41) is 3.13. The predicted molar refractivity (Wildman–Crippen MR) is 49.0 cm³/mol. The molecule has 0 heterocycles. The molecule has 2 N–H and O–H groups in total. The number of benzene rings is 1. The van der Waals surface area contributed by atoms with E-state index in [-0.39, 0.29) is 5.69 Å². The summed E-state index contributed by atoms with van der Waals surface area (Å²) in [6.07, 6.45) is 0. The molecular formula is C6H4BrClN2O. The van der Waals surface area contributed by atoms with Crippen LogP contribution in [0.3, 0.4) is 0 Å². The van der Waals surface area contributed by atoms with Crippen molar-refractivity contribution in [2.24, 2.45) is 5.18 Å². The van der Waals surface area contributed by atoms with E-state index in [4.69, 9.17) is 17.3 Å². The van der Waals surface area contributed by atoms with Crippen molar-refractivity contribution in [3.8, 4) is 0 Å². The van der Waals surface area contributed by atoms with Crippen LogP contribution in [-0.2, 0) is 0 Å². The predicted octanol–water partition coefficient (Wildman–Crippen LogP) is 3.08. The Hall–Kier alpha value is -0.610. The van der Waals surface area contributed by atoms with E-state index >= 15 is 0 Å². The van der Waals surface area contributed by atoms with Gasteiger partial charge in [0.15, 0.2) is 0 Å². The summed E-state index contributed by atoms with van der Waals surface area (Å²) in [7, 11) is 0. The Morgan fingerprint density at radius 1 is 1.55 bits per heavy atom. The molecule has 1 aromatic carbocycles. The Bertz CT molecular complexity index is 303. The van der Waals surface area contributed by atoms with E-state index in [0.29, 0.717) is 15.2 Å². The minimum absolute atomic E-state index is 0.157. The van der Waals surface area contributed by atoms with Gasteiger partial charge >= 0.3 is 0 Å². The number of hydrogen-bond donors (Lipinski definition) is 1. The second kappa shape index (κ2) is 3.19. The van der Waals surface area contributed by atoms with Crippen LogP contribution in [-0.4, -0.2) is 0 Å². The normalized spacial score (nSPS) is 9.64. The Kier molecular flexibility index (Phi) is 2.46. The highest BCUT2D eigenvalue weighted by atomic mass is 79.9. The summed E-state index contributed by atoms with van der Waals surface area (Å²) in [6.45, 7) is 0. The summed E-state index contributed by atoms with van der Waals surface area (Å²) in [4.78, 5) is 10.1. The Balaban J connectivity index is 3.35. The molecule has 58 valence electrons. The maximum Gasteiger partial charge on any atom is 0.133 e. The third-order valence-corrected chi connectivity index (χ3v) is 2.05. The van der Waals surface area contributed by atoms with Crippen molar-refractivity contribution in [1.29, 1.82) is 0 Å². The minimum atomic E-state index is 0.157. The van der Waals surface area contributed by atoms with Gasteiger partial charge in [0.25, 0.3) is 0 Å². The lowest BCUT2D eigenvalue weighted by Crippen LogP contribution is -1.86. The topological polar surface area (TPSA) is 55.4 Å². The molecule has 0 amide bonds. The van der Waals surface area contributed by atoms with Crippen molar-refractivity contribution >= 4 is 38.9 Å². The molecule has 0 saturated carbocycles. The van der Waals surface area contributed by atoms with Crippen molar-refractivity contribution < 1.29 is 0 Å². The Morgan fingerprint density at radius 2 is 2.18 bits per heavy atom. The first-order valence-electron chi connectivity index (χ1n) is 2.73. The van der Waals surface area contributed by atoms with Crippen LogP contribution < -0.4 is 5.73 Å². The molecule has 1 aromatic rings. The minimum Gasteiger partial charge on any atom is -0.396 e. The molecule has 0 spiro atoms. The molecule has 1 rings (SSSR count). The van der Waals surface area contributed by atoms with Gasteiger partial charge in [-0.05, 0) is 33.2 Å². The van der Waals surface area contributed by atoms with Crippen LogP contribution in [0.4, 0.5) is 11.4 Å². The molecule has 0 aromatic heterocycles. The number of nitrogens with two attached hydrogens (primary N) is 1. The maximum atomic E-state index is 10.1. The van der Waals surface area contributed by atoms with Crippen LogP contribution in [0.2, 0.25) is 5.02 Å². The summed E-state index contributed by atoms with van der Waals surface area (Å²) in [5.74, 6) is 0. The van der Waals surface area contributed by atoms with E-state index in [0.717, 1.165) is 0 Å². The van der Waals surface area contributed by atoms with Crippen molar-refractivity contribution in [3.63, 3.8) is 0 Å². The highest BCUT2D eigenvalue weighted by molar-refractivity contribution is 9.10. The largest absolute Gasteiger partial charge is 0.396 e. The number of hydrogen-bond acceptors (Lipinski definition) is 3. The van der Waals surface area contributed by atoms with Crippen molar-refractivity contribution in [1.82, 2.24) is 0 Å². The van der Waals surface area contributed by atoms with Gasteiger partial charge in [-0.1, -0.05) is 11.6 Å². The standard InChI is InChI=1S/C6H4BrClN2O/c7-4-1-3(8)2-5(10-11)6(4)9/h1-2H,9H2. The summed E-state index contributed by atoms with van der Waals surface area (Å²) in [5.41, 5.74) is 5.93. The van der Waals surface area contributed by atoms with E-state index in [1.807, 2.05) is 0 Å². The summed E-state index contributed by atoms with van der Waals surface area (Å²) in [6, 6.07) is 3.01. The fraction of sp³-hybridized carbons (Fsp3) is 0. The van der Waals surface area contributed by atoms with E-state index in [1.54, 1.807) is 6.07 Å². The molecule has 0 aliphatic rings. The zero-order valence-electron chi connectivity index (χ0n) is 5.34. The Labute approximate surface area is 76.6 Å². The molecule has 0 atom stereocenters. The summed E-state index contributed by atoms with van der Waals surface area (Å²) < 4.78 is 0.583. The van der Waals surface area contributed by atoms with Gasteiger partial charge in [0, 0.05) is 9.50 Å². The van der Waals surface area contributed by atoms with Crippen molar-refractivity contribution in [2.45, 2.75) is 0 Å². The number of nitrogen functional groups attached to an aromatic ring is 1. The van der Waals surface area contributed by atoms with Gasteiger partial charge in [0.05, 0.1) is 5.69 Å². The fourth-order valence-electron chi connectivity index (χ4n) is 0.647. The van der Waals surface area contributed by atoms with Crippen LogP contribution in [0.1, 0.15) is 0 Å². The van der Waals surface area contributed by atoms with Crippen LogP contribution in [0, 0.1) is 4.91 Å². The van der Waals surface area contributed by atoms with Gasteiger partial charge < -0.3 is 5.73 Å². The number of anilines is 1. The second-order valence-corrected chi connectivity index (χ2v) is 3.20. The van der Waals surface area contributed by atoms with Crippen LogP contribution >= 0.6 is 27.5 Å². The molecule has 0 saturated heterocycles. The smallest absolute Gasteiger partial charge is 0.133 e. The number of halogens is 2. The van der Waals surface area contributed by atoms with Gasteiger partial charge in [-0.15, -0.1) is 4.91 Å². The van der Waals surface area contributed by atoms with Gasteiger partial charge in [-0.3, -0.25) is 0 Å². The first-order chi connectivity index (χ1) is 5.15. The molecule has 0 fully saturated rings. The molecule has 0 bridgehead atoms. The summed E-state index contributed by atoms with van der Waals surface area (Å²) >= 11 is 8.75. The quantitative estimate of drug-likeness (QED) is 0.601. The third-order valence-electron chi connectivity index (χ3n) is 1.17. The lowest BCUT2D eigenvalue weighted by molar-refractivity contribution is 1.48. The monoisotopic (exact) mass is 234 g/mol. The van der Waals surface area contributed by atoms with Gasteiger partial charge in [0.2, 0.25) is 0 Å². The van der Waals surface area contributed by atoms with E-state index in [2.05, 4.69) is 21.1 Å². The Morgan fingerprint density at radius 3 is 2.73 bits per heavy atom.